The van der Waals surface area contributed by atoms with Crippen LogP contribution < -0.4 is 5.73 Å². The molecule has 0 unspecified atom stereocenters. The van der Waals surface area contributed by atoms with Gasteiger partial charge in [-0.15, -0.1) is 0 Å². The number of imidazole rings is 1. The smallest absolute Gasteiger partial charge is 0.177 e. The lowest BCUT2D eigenvalue weighted by molar-refractivity contribution is 0.961. The minimum absolute atomic E-state index is 0.0421. The fraction of sp³-hybridized carbons (Fsp3) is 0. The molecule has 0 saturated heterocycles. The normalized spacial score (nSPS) is 9.38. The zero-order chi connectivity index (χ0) is 11.5. The summed E-state index contributed by atoms with van der Waals surface area (Å²) in [6.07, 6.45) is 4.05. The van der Waals surface area contributed by atoms with E-state index in [-0.39, 0.29) is 11.4 Å². The van der Waals surface area contributed by atoms with E-state index in [1.165, 1.54) is 23.4 Å². The van der Waals surface area contributed by atoms with Crippen LogP contribution in [0.5, 0.6) is 0 Å². The van der Waals surface area contributed by atoms with Gasteiger partial charge in [-0.25, -0.2) is 15.0 Å². The van der Waals surface area contributed by atoms with Gasteiger partial charge in [0.15, 0.2) is 17.2 Å². The van der Waals surface area contributed by atoms with E-state index in [0.717, 1.165) is 0 Å². The SMILES string of the molecule is N#Cc1ncn(-c2ncncc2N)c1C#N. The Morgan fingerprint density at radius 2 is 2.06 bits per heavy atom. The van der Waals surface area contributed by atoms with Crippen LogP contribution in [0.3, 0.4) is 0 Å². The molecule has 0 amide bonds. The summed E-state index contributed by atoms with van der Waals surface area (Å²) in [6.45, 7) is 0. The lowest BCUT2D eigenvalue weighted by atomic mass is 10.3. The van der Waals surface area contributed by atoms with E-state index >= 15 is 0 Å². The van der Waals surface area contributed by atoms with Crippen LogP contribution in [-0.2, 0) is 0 Å². The molecule has 0 aliphatic carbocycles. The van der Waals surface area contributed by atoms with Crippen LogP contribution in [0.25, 0.3) is 5.82 Å². The topological polar surface area (TPSA) is 117 Å². The summed E-state index contributed by atoms with van der Waals surface area (Å²) in [6, 6.07) is 3.70. The Balaban J connectivity index is 2.68. The molecule has 0 bridgehead atoms. The highest BCUT2D eigenvalue weighted by atomic mass is 15.1. The van der Waals surface area contributed by atoms with Gasteiger partial charge in [-0.2, -0.15) is 10.5 Å². The van der Waals surface area contributed by atoms with Crippen LogP contribution in [0.2, 0.25) is 0 Å². The maximum atomic E-state index is 8.93. The molecule has 16 heavy (non-hydrogen) atoms. The van der Waals surface area contributed by atoms with Gasteiger partial charge in [-0.1, -0.05) is 0 Å². The molecule has 0 aliphatic rings. The molecule has 2 N–H and O–H groups in total. The van der Waals surface area contributed by atoms with E-state index in [1.807, 2.05) is 12.1 Å². The molecule has 0 aromatic carbocycles. The molecule has 7 nitrogen and oxygen atoms in total. The second-order valence-electron chi connectivity index (χ2n) is 2.84. The second-order valence-corrected chi connectivity index (χ2v) is 2.84. The predicted octanol–water partition coefficient (Wildman–Crippen LogP) is -0.0121. The third-order valence-electron chi connectivity index (χ3n) is 1.93. The van der Waals surface area contributed by atoms with E-state index in [0.29, 0.717) is 11.5 Å². The van der Waals surface area contributed by atoms with Gasteiger partial charge < -0.3 is 5.73 Å². The van der Waals surface area contributed by atoms with Gasteiger partial charge in [0, 0.05) is 0 Å². The first kappa shape index (κ1) is 9.62. The van der Waals surface area contributed by atoms with Gasteiger partial charge in [0.1, 0.15) is 24.8 Å². The van der Waals surface area contributed by atoms with E-state index in [1.54, 1.807) is 0 Å². The third kappa shape index (κ3) is 1.33. The Kier molecular flexibility index (Phi) is 2.21. The standard InChI is InChI=1S/C9H5N7/c10-1-7-8(2-11)16(5-15-7)9-6(12)3-13-4-14-9/h3-5H,12H2. The molecular formula is C9H5N7. The van der Waals surface area contributed by atoms with Gasteiger partial charge in [0.25, 0.3) is 0 Å². The van der Waals surface area contributed by atoms with Crippen molar-refractivity contribution in [2.45, 2.75) is 0 Å². The number of nitrogens with zero attached hydrogens (tertiary/aromatic N) is 6. The van der Waals surface area contributed by atoms with Gasteiger partial charge in [0.05, 0.1) is 11.9 Å². The number of hydrogen-bond acceptors (Lipinski definition) is 6. The Labute approximate surface area is 90.4 Å². The summed E-state index contributed by atoms with van der Waals surface area (Å²) in [4.78, 5) is 11.5. The van der Waals surface area contributed by atoms with Crippen LogP contribution in [-0.4, -0.2) is 19.5 Å². The Morgan fingerprint density at radius 1 is 1.25 bits per heavy atom. The van der Waals surface area contributed by atoms with Crippen molar-refractivity contribution in [2.75, 3.05) is 5.73 Å². The molecule has 2 aromatic rings. The van der Waals surface area contributed by atoms with E-state index in [2.05, 4.69) is 15.0 Å². The van der Waals surface area contributed by atoms with Crippen molar-refractivity contribution in [2.24, 2.45) is 0 Å². The van der Waals surface area contributed by atoms with Crippen LogP contribution >= 0.6 is 0 Å². The highest BCUT2D eigenvalue weighted by molar-refractivity contribution is 5.54. The molecule has 2 aromatic heterocycles. The van der Waals surface area contributed by atoms with Crippen LogP contribution in [0.1, 0.15) is 11.4 Å². The average Bonchev–Trinajstić information content (AvgIpc) is 2.72. The van der Waals surface area contributed by atoms with E-state index in [4.69, 9.17) is 16.3 Å². The first-order valence-corrected chi connectivity index (χ1v) is 4.21. The second kappa shape index (κ2) is 3.67. The Morgan fingerprint density at radius 3 is 2.69 bits per heavy atom. The first-order chi connectivity index (χ1) is 7.77. The number of anilines is 1. The number of nitrogen functional groups attached to an aromatic ring is 1. The number of aromatic nitrogens is 4. The summed E-state index contributed by atoms with van der Waals surface area (Å²) in [5.74, 6) is 0.334. The largest absolute Gasteiger partial charge is 0.394 e. The van der Waals surface area contributed by atoms with Gasteiger partial charge >= 0.3 is 0 Å². The van der Waals surface area contributed by atoms with E-state index < -0.39 is 0 Å². The number of rotatable bonds is 1. The highest BCUT2D eigenvalue weighted by Crippen LogP contribution is 2.16. The van der Waals surface area contributed by atoms with Crippen molar-refractivity contribution in [3.8, 4) is 18.0 Å². The third-order valence-corrected chi connectivity index (χ3v) is 1.93. The fourth-order valence-corrected chi connectivity index (χ4v) is 1.23. The highest BCUT2D eigenvalue weighted by Gasteiger charge is 2.13. The average molecular weight is 211 g/mol. The van der Waals surface area contributed by atoms with Crippen molar-refractivity contribution in [1.82, 2.24) is 19.5 Å². The fourth-order valence-electron chi connectivity index (χ4n) is 1.23. The number of nitrogens with two attached hydrogens (primary N) is 1. The zero-order valence-corrected chi connectivity index (χ0v) is 7.99. The number of nitriles is 2. The summed E-state index contributed by atoms with van der Waals surface area (Å²) in [5, 5.41) is 17.7. The molecule has 76 valence electrons. The molecule has 0 radical (unpaired) electrons. The lowest BCUT2D eigenvalue weighted by Gasteiger charge is -2.04. The van der Waals surface area contributed by atoms with Crippen LogP contribution in [0, 0.1) is 22.7 Å². The lowest BCUT2D eigenvalue weighted by Crippen LogP contribution is -2.04. The first-order valence-electron chi connectivity index (χ1n) is 4.21. The predicted molar refractivity (Wildman–Crippen MR) is 53.0 cm³/mol. The summed E-state index contributed by atoms with van der Waals surface area (Å²) < 4.78 is 1.36. The van der Waals surface area contributed by atoms with Crippen LogP contribution in [0.15, 0.2) is 18.9 Å². The van der Waals surface area contributed by atoms with Crippen molar-refractivity contribution >= 4 is 5.69 Å². The van der Waals surface area contributed by atoms with E-state index in [9.17, 15) is 0 Å². The van der Waals surface area contributed by atoms with Gasteiger partial charge in [-0.05, 0) is 0 Å². The summed E-state index contributed by atoms with van der Waals surface area (Å²) in [7, 11) is 0. The minimum atomic E-state index is 0.0421. The Hall–Kier alpha value is -2.93. The van der Waals surface area contributed by atoms with Crippen molar-refractivity contribution in [3.05, 3.63) is 30.2 Å². The summed E-state index contributed by atoms with van der Waals surface area (Å²) >= 11 is 0. The molecule has 0 aliphatic heterocycles. The molecule has 2 rings (SSSR count). The zero-order valence-electron chi connectivity index (χ0n) is 7.99. The molecule has 0 saturated carbocycles. The maximum absolute atomic E-state index is 8.93. The van der Waals surface area contributed by atoms with Crippen molar-refractivity contribution in [3.63, 3.8) is 0 Å². The molecule has 7 heteroatoms. The van der Waals surface area contributed by atoms with Crippen molar-refractivity contribution in [1.29, 1.82) is 10.5 Å². The quantitative estimate of drug-likeness (QED) is 0.708. The molecule has 2 heterocycles. The molecule has 0 atom stereocenters. The molecule has 0 spiro atoms. The maximum Gasteiger partial charge on any atom is 0.177 e. The number of hydrogen-bond donors (Lipinski definition) is 1. The summed E-state index contributed by atoms with van der Waals surface area (Å²) in [5.41, 5.74) is 6.11. The van der Waals surface area contributed by atoms with Crippen molar-refractivity contribution < 1.29 is 0 Å². The monoisotopic (exact) mass is 211 g/mol. The molecular weight excluding hydrogens is 206 g/mol. The minimum Gasteiger partial charge on any atom is -0.394 e. The molecule has 0 fully saturated rings. The Bertz CT molecular complexity index is 614. The van der Waals surface area contributed by atoms with Crippen LogP contribution in [0.4, 0.5) is 5.69 Å². The van der Waals surface area contributed by atoms with Gasteiger partial charge in [0.2, 0.25) is 0 Å². The van der Waals surface area contributed by atoms with Gasteiger partial charge in [-0.3, -0.25) is 4.57 Å².